The first-order valence-corrected chi connectivity index (χ1v) is 14.0. The lowest BCUT2D eigenvalue weighted by Gasteiger charge is -2.20. The summed E-state index contributed by atoms with van der Waals surface area (Å²) in [5.41, 5.74) is 9.61. The van der Waals surface area contributed by atoms with Crippen LogP contribution in [0.3, 0.4) is 0 Å². The second-order valence-electron chi connectivity index (χ2n) is 11.8. The van der Waals surface area contributed by atoms with E-state index in [9.17, 15) is 24.0 Å². The van der Waals surface area contributed by atoms with E-state index in [1.807, 2.05) is 55.4 Å². The van der Waals surface area contributed by atoms with Gasteiger partial charge >= 0.3 is 0 Å². The number of carbonyl (C=O) groups excluding carboxylic acids is 5. The van der Waals surface area contributed by atoms with Crippen LogP contribution in [0.5, 0.6) is 0 Å². The molecule has 12 heteroatoms. The number of nitrogens with one attached hydrogen (secondary N) is 4. The van der Waals surface area contributed by atoms with E-state index in [1.54, 1.807) is 0 Å². The Kier molecular flexibility index (Phi) is 15.0. The molecule has 0 saturated carbocycles. The minimum absolute atomic E-state index is 0.0992. The summed E-state index contributed by atoms with van der Waals surface area (Å²) in [5, 5.41) is 5.57. The van der Waals surface area contributed by atoms with Crippen LogP contribution in [-0.4, -0.2) is 54.8 Å². The van der Waals surface area contributed by atoms with Gasteiger partial charge in [-0.05, 0) is 54.7 Å². The molecule has 230 valence electrons. The Hall–Kier alpha value is -3.51. The molecule has 0 bridgehead atoms. The molecule has 2 atom stereocenters. The number of hydrogen-bond acceptors (Lipinski definition) is 7. The number of carbonyl (C=O) groups is 5. The fourth-order valence-corrected chi connectivity index (χ4v) is 3.51. The van der Waals surface area contributed by atoms with Crippen LogP contribution in [0.4, 0.5) is 0 Å². The molecule has 12 nitrogen and oxygen atoms in total. The molecule has 0 saturated heterocycles. The van der Waals surface area contributed by atoms with Crippen LogP contribution in [0.2, 0.25) is 0 Å². The Bertz CT molecular complexity index is 984. The Morgan fingerprint density at radius 1 is 0.610 bits per heavy atom. The maximum atomic E-state index is 12.9. The van der Waals surface area contributed by atoms with E-state index in [-0.39, 0.29) is 52.2 Å². The van der Waals surface area contributed by atoms with Crippen LogP contribution >= 0.6 is 0 Å². The molecular weight excluding hydrogens is 530 g/mol. The maximum absolute atomic E-state index is 12.9. The first kappa shape index (κ1) is 35.5. The van der Waals surface area contributed by atoms with Crippen molar-refractivity contribution in [2.75, 3.05) is 13.1 Å². The topological polar surface area (TPSA) is 178 Å². The molecule has 0 aliphatic rings. The second-order valence-corrected chi connectivity index (χ2v) is 11.8. The van der Waals surface area contributed by atoms with Crippen molar-refractivity contribution in [1.29, 1.82) is 0 Å². The van der Waals surface area contributed by atoms with E-state index in [0.717, 1.165) is 0 Å². The van der Waals surface area contributed by atoms with Gasteiger partial charge in [-0.15, -0.1) is 0 Å². The predicted molar refractivity (Wildman–Crippen MR) is 154 cm³/mol. The number of nitrogens with two attached hydrogens (primary N) is 1. The molecule has 0 spiro atoms. The molecule has 0 aliphatic heterocycles. The zero-order valence-corrected chi connectivity index (χ0v) is 25.5. The first-order chi connectivity index (χ1) is 19.1. The first-order valence-electron chi connectivity index (χ1n) is 14.0. The van der Waals surface area contributed by atoms with Crippen LogP contribution in [0.15, 0.2) is 18.2 Å². The number of hydrogen-bond donors (Lipinski definition) is 5. The summed E-state index contributed by atoms with van der Waals surface area (Å²) < 4.78 is 0. The monoisotopic (exact) mass is 577 g/mol. The lowest BCUT2D eigenvalue weighted by molar-refractivity contribution is -0.138. The summed E-state index contributed by atoms with van der Waals surface area (Å²) in [5.74, 6) is -2.54. The van der Waals surface area contributed by atoms with Crippen LogP contribution in [0.1, 0.15) is 99.3 Å². The largest absolute Gasteiger partial charge is 0.366 e. The normalized spacial score (nSPS) is 12.8. The quantitative estimate of drug-likeness (QED) is 0.177. The van der Waals surface area contributed by atoms with E-state index < -0.39 is 29.9 Å². The van der Waals surface area contributed by atoms with Gasteiger partial charge in [-0.2, -0.15) is 0 Å². The van der Waals surface area contributed by atoms with E-state index in [1.165, 1.54) is 18.2 Å². The van der Waals surface area contributed by atoms with E-state index in [4.69, 9.17) is 15.4 Å². The molecule has 1 rings (SSSR count). The van der Waals surface area contributed by atoms with Gasteiger partial charge in [0, 0.05) is 29.8 Å². The summed E-state index contributed by atoms with van der Waals surface area (Å²) in [4.78, 5) is 73.9. The van der Waals surface area contributed by atoms with Crippen LogP contribution in [0, 0.1) is 23.7 Å². The van der Waals surface area contributed by atoms with Crippen LogP contribution in [0.25, 0.3) is 0 Å². The van der Waals surface area contributed by atoms with Crippen LogP contribution in [-0.2, 0) is 19.3 Å². The lowest BCUT2D eigenvalue weighted by atomic mass is 10.0. The third-order valence-corrected chi connectivity index (χ3v) is 5.65. The van der Waals surface area contributed by atoms with E-state index >= 15 is 0 Å². The molecule has 0 heterocycles. The highest BCUT2D eigenvalue weighted by molar-refractivity contribution is 6.03. The summed E-state index contributed by atoms with van der Waals surface area (Å²) >= 11 is 0. The molecule has 6 N–H and O–H groups in total. The molecule has 0 aromatic heterocycles. The van der Waals surface area contributed by atoms with Crippen molar-refractivity contribution in [3.05, 3.63) is 34.9 Å². The van der Waals surface area contributed by atoms with Gasteiger partial charge in [0.25, 0.3) is 23.6 Å². The third kappa shape index (κ3) is 13.6. The highest BCUT2D eigenvalue weighted by atomic mass is 16.7. The smallest absolute Gasteiger partial charge is 0.274 e. The molecule has 1 aromatic rings. The minimum atomic E-state index is -0.951. The second kappa shape index (κ2) is 17.3. The average Bonchev–Trinajstić information content (AvgIpc) is 2.89. The standard InChI is InChI=1S/C29H47N5O7/c1-16(2)9-23(28(38)31-14-18(5)6)40-33-26(36)21-11-20(25(30)35)12-22(13-21)27(37)34-41-24(10-17(3)4)29(39)32-15-19(7)8/h11-13,16-19,23-24H,9-10,14-15H2,1-8H3,(H2,30,35)(H,31,38)(H,32,39)(H,33,36)(H,34,37)/t23-,24-/m1/s1. The summed E-state index contributed by atoms with van der Waals surface area (Å²) in [6, 6.07) is 3.63. The van der Waals surface area contributed by atoms with E-state index in [2.05, 4.69) is 21.6 Å². The van der Waals surface area contributed by atoms with Gasteiger partial charge in [-0.1, -0.05) is 55.4 Å². The van der Waals surface area contributed by atoms with Crippen molar-refractivity contribution < 1.29 is 33.6 Å². The summed E-state index contributed by atoms with van der Waals surface area (Å²) in [7, 11) is 0. The van der Waals surface area contributed by atoms with Crippen LogP contribution < -0.4 is 27.3 Å². The fraction of sp³-hybridized carbons (Fsp3) is 0.621. The Balaban J connectivity index is 3.06. The Morgan fingerprint density at radius 3 is 1.24 bits per heavy atom. The molecule has 1 aromatic carbocycles. The summed E-state index contributed by atoms with van der Waals surface area (Å²) in [6.07, 6.45) is -1.21. The zero-order valence-electron chi connectivity index (χ0n) is 25.5. The minimum Gasteiger partial charge on any atom is -0.366 e. The Labute approximate surface area is 242 Å². The van der Waals surface area contributed by atoms with Gasteiger partial charge in [-0.25, -0.2) is 11.0 Å². The number of hydroxylamine groups is 2. The highest BCUT2D eigenvalue weighted by Gasteiger charge is 2.25. The van der Waals surface area contributed by atoms with Gasteiger partial charge in [0.05, 0.1) is 0 Å². The summed E-state index contributed by atoms with van der Waals surface area (Å²) in [6.45, 7) is 16.4. The maximum Gasteiger partial charge on any atom is 0.274 e. The van der Waals surface area contributed by atoms with Gasteiger partial charge in [0.15, 0.2) is 12.2 Å². The number of amides is 5. The van der Waals surface area contributed by atoms with Crippen molar-refractivity contribution in [2.24, 2.45) is 29.4 Å². The zero-order chi connectivity index (χ0) is 31.3. The number of rotatable bonds is 17. The van der Waals surface area contributed by atoms with Gasteiger partial charge < -0.3 is 16.4 Å². The van der Waals surface area contributed by atoms with Crippen molar-refractivity contribution in [1.82, 2.24) is 21.6 Å². The van der Waals surface area contributed by atoms with Crippen molar-refractivity contribution in [2.45, 2.75) is 80.4 Å². The number of primary amides is 1. The molecular formula is C29H47N5O7. The molecule has 5 amide bonds. The lowest BCUT2D eigenvalue weighted by Crippen LogP contribution is -2.43. The molecule has 0 fully saturated rings. The molecule has 41 heavy (non-hydrogen) atoms. The van der Waals surface area contributed by atoms with Gasteiger partial charge in [0.2, 0.25) is 5.91 Å². The van der Waals surface area contributed by atoms with Gasteiger partial charge in [0.1, 0.15) is 0 Å². The molecule has 0 aliphatic carbocycles. The van der Waals surface area contributed by atoms with Crippen molar-refractivity contribution >= 4 is 29.5 Å². The third-order valence-electron chi connectivity index (χ3n) is 5.65. The fourth-order valence-electron chi connectivity index (χ4n) is 3.51. The molecule has 0 unspecified atom stereocenters. The number of benzene rings is 1. The van der Waals surface area contributed by atoms with Gasteiger partial charge in [-0.3, -0.25) is 33.6 Å². The van der Waals surface area contributed by atoms with Crippen molar-refractivity contribution in [3.63, 3.8) is 0 Å². The molecule has 0 radical (unpaired) electrons. The average molecular weight is 578 g/mol. The van der Waals surface area contributed by atoms with E-state index in [0.29, 0.717) is 25.9 Å². The predicted octanol–water partition coefficient (Wildman–Crippen LogP) is 2.48. The van der Waals surface area contributed by atoms with Crippen molar-refractivity contribution in [3.8, 4) is 0 Å². The SMILES string of the molecule is CC(C)CNC(=O)[C@@H](CC(C)C)ONC(=O)c1cc(C(N)=O)cc(C(=O)NO[C@H](CC(C)C)C(=O)NCC(C)C)c1. The highest BCUT2D eigenvalue weighted by Crippen LogP contribution is 2.14. The Morgan fingerprint density at radius 2 is 0.951 bits per heavy atom.